The van der Waals surface area contributed by atoms with Crippen LogP contribution in [0.25, 0.3) is 0 Å². The van der Waals surface area contributed by atoms with Crippen molar-refractivity contribution in [1.29, 1.82) is 0 Å². The lowest BCUT2D eigenvalue weighted by Crippen LogP contribution is -2.25. The summed E-state index contributed by atoms with van der Waals surface area (Å²) in [5.41, 5.74) is 7.57. The van der Waals surface area contributed by atoms with E-state index in [0.717, 1.165) is 30.9 Å². The van der Waals surface area contributed by atoms with Gasteiger partial charge in [0, 0.05) is 24.5 Å². The summed E-state index contributed by atoms with van der Waals surface area (Å²) in [6, 6.07) is 7.75. The standard InChI is InChI=1S/C12H19FN2/c1-2-8-15(9-4-7-13)12-6-3-5-11(14)10-12/h3,5-6,10H,2,4,7-9,14H2,1H3. The summed E-state index contributed by atoms with van der Waals surface area (Å²) in [6.07, 6.45) is 1.63. The second kappa shape index (κ2) is 6.27. The van der Waals surface area contributed by atoms with Crippen LogP contribution in [-0.4, -0.2) is 19.8 Å². The van der Waals surface area contributed by atoms with Crippen LogP contribution in [0.2, 0.25) is 0 Å². The van der Waals surface area contributed by atoms with Crippen LogP contribution in [0.4, 0.5) is 15.8 Å². The highest BCUT2D eigenvalue weighted by Crippen LogP contribution is 2.18. The highest BCUT2D eigenvalue weighted by atomic mass is 19.1. The van der Waals surface area contributed by atoms with Gasteiger partial charge in [0.15, 0.2) is 0 Å². The average Bonchev–Trinajstić information content (AvgIpc) is 2.24. The van der Waals surface area contributed by atoms with E-state index in [4.69, 9.17) is 5.73 Å². The summed E-state index contributed by atoms with van der Waals surface area (Å²) >= 11 is 0. The SMILES string of the molecule is CCCN(CCCF)c1cccc(N)c1. The third-order valence-corrected chi connectivity index (χ3v) is 2.29. The van der Waals surface area contributed by atoms with Crippen molar-refractivity contribution in [3.63, 3.8) is 0 Å². The Morgan fingerprint density at radius 2 is 2.13 bits per heavy atom. The van der Waals surface area contributed by atoms with Crippen molar-refractivity contribution in [2.24, 2.45) is 0 Å². The first-order chi connectivity index (χ1) is 7.27. The van der Waals surface area contributed by atoms with Gasteiger partial charge in [0.25, 0.3) is 0 Å². The highest BCUT2D eigenvalue weighted by molar-refractivity contribution is 5.55. The number of hydrogen-bond donors (Lipinski definition) is 1. The van der Waals surface area contributed by atoms with Gasteiger partial charge < -0.3 is 10.6 Å². The fraction of sp³-hybridized carbons (Fsp3) is 0.500. The number of rotatable bonds is 6. The van der Waals surface area contributed by atoms with Crippen molar-refractivity contribution in [2.45, 2.75) is 19.8 Å². The van der Waals surface area contributed by atoms with Crippen molar-refractivity contribution in [3.05, 3.63) is 24.3 Å². The monoisotopic (exact) mass is 210 g/mol. The molecule has 0 unspecified atom stereocenters. The van der Waals surface area contributed by atoms with Crippen LogP contribution in [0.1, 0.15) is 19.8 Å². The summed E-state index contributed by atoms with van der Waals surface area (Å²) in [5, 5.41) is 0. The van der Waals surface area contributed by atoms with E-state index in [1.807, 2.05) is 24.3 Å². The Kier molecular flexibility index (Phi) is 4.95. The molecule has 0 aliphatic rings. The molecule has 3 heteroatoms. The third kappa shape index (κ3) is 3.78. The molecule has 0 saturated heterocycles. The van der Waals surface area contributed by atoms with Crippen LogP contribution in [0, 0.1) is 0 Å². The van der Waals surface area contributed by atoms with Gasteiger partial charge >= 0.3 is 0 Å². The molecule has 2 N–H and O–H groups in total. The first kappa shape index (κ1) is 11.8. The summed E-state index contributed by atoms with van der Waals surface area (Å²) in [5.74, 6) is 0. The molecule has 2 nitrogen and oxygen atoms in total. The maximum absolute atomic E-state index is 12.1. The van der Waals surface area contributed by atoms with Gasteiger partial charge in [-0.15, -0.1) is 0 Å². The molecular weight excluding hydrogens is 191 g/mol. The maximum Gasteiger partial charge on any atom is 0.0911 e. The Morgan fingerprint density at radius 3 is 2.73 bits per heavy atom. The second-order valence-electron chi connectivity index (χ2n) is 3.62. The van der Waals surface area contributed by atoms with Crippen molar-refractivity contribution >= 4 is 11.4 Å². The average molecular weight is 210 g/mol. The number of anilines is 2. The smallest absolute Gasteiger partial charge is 0.0911 e. The molecule has 0 atom stereocenters. The number of hydrogen-bond acceptors (Lipinski definition) is 2. The first-order valence-electron chi connectivity index (χ1n) is 5.44. The van der Waals surface area contributed by atoms with E-state index in [0.29, 0.717) is 6.42 Å². The molecule has 0 aliphatic carbocycles. The van der Waals surface area contributed by atoms with E-state index >= 15 is 0 Å². The molecule has 0 amide bonds. The number of halogens is 1. The van der Waals surface area contributed by atoms with Gasteiger partial charge in [0.1, 0.15) is 0 Å². The van der Waals surface area contributed by atoms with Crippen LogP contribution in [-0.2, 0) is 0 Å². The minimum Gasteiger partial charge on any atom is -0.399 e. The Balaban J connectivity index is 2.69. The fourth-order valence-corrected chi connectivity index (χ4v) is 1.61. The van der Waals surface area contributed by atoms with Crippen LogP contribution < -0.4 is 10.6 Å². The molecule has 0 bridgehead atoms. The molecule has 15 heavy (non-hydrogen) atoms. The molecule has 1 rings (SSSR count). The van der Waals surface area contributed by atoms with E-state index < -0.39 is 0 Å². The molecule has 0 aromatic heterocycles. The zero-order valence-electron chi connectivity index (χ0n) is 9.25. The molecule has 0 saturated carbocycles. The quantitative estimate of drug-likeness (QED) is 0.731. The first-order valence-corrected chi connectivity index (χ1v) is 5.44. The van der Waals surface area contributed by atoms with Gasteiger partial charge in [0.05, 0.1) is 6.67 Å². The van der Waals surface area contributed by atoms with Gasteiger partial charge in [-0.2, -0.15) is 0 Å². The zero-order chi connectivity index (χ0) is 11.1. The Bertz CT molecular complexity index is 289. The molecule has 0 aliphatic heterocycles. The van der Waals surface area contributed by atoms with Gasteiger partial charge in [-0.05, 0) is 31.0 Å². The summed E-state index contributed by atoms with van der Waals surface area (Å²) in [6.45, 7) is 3.56. The molecule has 0 heterocycles. The molecule has 0 radical (unpaired) electrons. The second-order valence-corrected chi connectivity index (χ2v) is 3.62. The van der Waals surface area contributed by atoms with Crippen LogP contribution in [0.15, 0.2) is 24.3 Å². The minimum absolute atomic E-state index is 0.261. The Morgan fingerprint density at radius 1 is 1.33 bits per heavy atom. The molecular formula is C12H19FN2. The van der Waals surface area contributed by atoms with E-state index in [-0.39, 0.29) is 6.67 Å². The Hall–Kier alpha value is -1.25. The Labute approximate surface area is 90.9 Å². The van der Waals surface area contributed by atoms with E-state index in [1.54, 1.807) is 0 Å². The van der Waals surface area contributed by atoms with Crippen LogP contribution in [0.5, 0.6) is 0 Å². The van der Waals surface area contributed by atoms with E-state index in [1.165, 1.54) is 0 Å². The van der Waals surface area contributed by atoms with Crippen molar-refractivity contribution in [3.8, 4) is 0 Å². The minimum atomic E-state index is -0.261. The van der Waals surface area contributed by atoms with Gasteiger partial charge in [-0.25, -0.2) is 0 Å². The number of nitrogens with two attached hydrogens (primary N) is 1. The number of nitrogen functional groups attached to an aromatic ring is 1. The molecule has 0 fully saturated rings. The maximum atomic E-state index is 12.1. The normalized spacial score (nSPS) is 10.3. The van der Waals surface area contributed by atoms with Gasteiger partial charge in [-0.1, -0.05) is 13.0 Å². The summed E-state index contributed by atoms with van der Waals surface area (Å²) in [4.78, 5) is 2.18. The van der Waals surface area contributed by atoms with Gasteiger partial charge in [0.2, 0.25) is 0 Å². The van der Waals surface area contributed by atoms with Crippen LogP contribution in [0.3, 0.4) is 0 Å². The predicted octanol–water partition coefficient (Wildman–Crippen LogP) is 2.84. The number of alkyl halides is 1. The lowest BCUT2D eigenvalue weighted by atomic mass is 10.2. The van der Waals surface area contributed by atoms with E-state index in [2.05, 4.69) is 11.8 Å². The van der Waals surface area contributed by atoms with Crippen molar-refractivity contribution in [1.82, 2.24) is 0 Å². The van der Waals surface area contributed by atoms with Gasteiger partial charge in [-0.3, -0.25) is 4.39 Å². The largest absolute Gasteiger partial charge is 0.399 e. The highest BCUT2D eigenvalue weighted by Gasteiger charge is 2.04. The molecule has 1 aromatic rings. The molecule has 84 valence electrons. The number of benzene rings is 1. The van der Waals surface area contributed by atoms with Crippen molar-refractivity contribution in [2.75, 3.05) is 30.4 Å². The van der Waals surface area contributed by atoms with Crippen LogP contribution >= 0.6 is 0 Å². The van der Waals surface area contributed by atoms with Crippen molar-refractivity contribution < 1.29 is 4.39 Å². The molecule has 1 aromatic carbocycles. The lowest BCUT2D eigenvalue weighted by molar-refractivity contribution is 0.471. The van der Waals surface area contributed by atoms with E-state index in [9.17, 15) is 4.39 Å². The molecule has 0 spiro atoms. The topological polar surface area (TPSA) is 29.3 Å². The summed E-state index contributed by atoms with van der Waals surface area (Å²) < 4.78 is 12.1. The summed E-state index contributed by atoms with van der Waals surface area (Å²) in [7, 11) is 0. The third-order valence-electron chi connectivity index (χ3n) is 2.29. The zero-order valence-corrected chi connectivity index (χ0v) is 9.25. The number of nitrogens with zero attached hydrogens (tertiary/aromatic N) is 1. The lowest BCUT2D eigenvalue weighted by Gasteiger charge is -2.24. The predicted molar refractivity (Wildman–Crippen MR) is 64.0 cm³/mol. The fourth-order valence-electron chi connectivity index (χ4n) is 1.61.